The average Bonchev–Trinajstić information content (AvgIpc) is 3.89. The van der Waals surface area contributed by atoms with Crippen molar-refractivity contribution in [3.05, 3.63) is 95.1 Å². The molecule has 0 atom stereocenters. The molecule has 0 saturated heterocycles. The van der Waals surface area contributed by atoms with Crippen molar-refractivity contribution < 1.29 is 60.6 Å². The van der Waals surface area contributed by atoms with E-state index in [0.717, 1.165) is 17.4 Å². The fourth-order valence-electron chi connectivity index (χ4n) is 6.20. The molecule has 9 rings (SSSR count). The molecule has 17 nitrogen and oxygen atoms in total. The zero-order valence-corrected chi connectivity index (χ0v) is 28.2. The van der Waals surface area contributed by atoms with Crippen molar-refractivity contribution in [2.75, 3.05) is 0 Å². The third kappa shape index (κ3) is 5.43. The van der Waals surface area contributed by atoms with E-state index >= 15 is 0 Å². The molecule has 0 unspecified atom stereocenters. The van der Waals surface area contributed by atoms with Crippen molar-refractivity contribution in [2.45, 2.75) is 0 Å². The van der Waals surface area contributed by atoms with Crippen LogP contribution in [0.3, 0.4) is 0 Å². The van der Waals surface area contributed by atoms with Crippen LogP contribution >= 0.6 is 0 Å². The van der Waals surface area contributed by atoms with E-state index in [1.165, 1.54) is 72.8 Å². The van der Waals surface area contributed by atoms with Crippen LogP contribution in [0, 0.1) is 0 Å². The third-order valence-corrected chi connectivity index (χ3v) is 8.69. The molecule has 5 heterocycles. The van der Waals surface area contributed by atoms with Gasteiger partial charge in [0.15, 0.2) is 0 Å². The van der Waals surface area contributed by atoms with Gasteiger partial charge in [-0.2, -0.15) is 0 Å². The summed E-state index contributed by atoms with van der Waals surface area (Å²) in [5.41, 5.74) is 1.52. The van der Waals surface area contributed by atoms with Crippen molar-refractivity contribution in [1.29, 1.82) is 0 Å². The summed E-state index contributed by atoms with van der Waals surface area (Å²) in [6, 6.07) is 17.2. The predicted octanol–water partition coefficient (Wildman–Crippen LogP) is 4.80. The van der Waals surface area contributed by atoms with Crippen LogP contribution in [0.25, 0.3) is 89.7 Å². The van der Waals surface area contributed by atoms with Crippen LogP contribution < -0.4 is 9.97 Å². The Labute approximate surface area is 308 Å². The molecular formula is C36H16N8O9V. The summed E-state index contributed by atoms with van der Waals surface area (Å²) in [7, 11) is 0. The first-order valence-electron chi connectivity index (χ1n) is 15.4. The van der Waals surface area contributed by atoms with Gasteiger partial charge in [0, 0.05) is 44.8 Å². The summed E-state index contributed by atoms with van der Waals surface area (Å²) in [5, 5.41) is 40.5. The normalized spacial score (nSPS) is 11.4. The first-order valence-corrected chi connectivity index (χ1v) is 16.0. The number of fused-ring (bicyclic) bond motifs is 20. The number of rotatable bonds is 4. The fraction of sp³-hybridized carbons (Fsp3) is 0. The molecule has 8 bridgehead atoms. The second-order valence-electron chi connectivity index (χ2n) is 11.7. The quantitative estimate of drug-likeness (QED) is 0.188. The number of hydrogen-bond donors (Lipinski definition) is 4. The molecule has 4 N–H and O–H groups in total. The SMILES string of the molecule is O=C(O)c1ccc2c(c1)-c1nc-2nc2[n-]c(nc3nc(nc4[n-]c(n1)c1ccc(C(=O)O)cc41)-c1ccc(C(=O)O)cc1-3)c1ccc(C(=O)O)cc21.[O]=[V+2]. The van der Waals surface area contributed by atoms with E-state index in [0.29, 0.717) is 43.8 Å². The van der Waals surface area contributed by atoms with Crippen LogP contribution in [0.2, 0.25) is 0 Å². The zero-order chi connectivity index (χ0) is 38.0. The Balaban J connectivity index is 0.00000203. The van der Waals surface area contributed by atoms with Gasteiger partial charge in [0.2, 0.25) is 0 Å². The maximum absolute atomic E-state index is 12.0. The van der Waals surface area contributed by atoms with Gasteiger partial charge in [0.1, 0.15) is 0 Å². The Hall–Kier alpha value is -7.50. The van der Waals surface area contributed by atoms with Crippen LogP contribution in [-0.4, -0.2) is 74.2 Å². The van der Waals surface area contributed by atoms with Gasteiger partial charge < -0.3 is 50.3 Å². The van der Waals surface area contributed by atoms with E-state index in [-0.39, 0.29) is 68.1 Å². The molecule has 0 amide bonds. The minimum atomic E-state index is -1.19. The first kappa shape index (κ1) is 33.6. The Morgan fingerprint density at radius 3 is 1.04 bits per heavy atom. The standard InChI is InChI=1S/C36H18N8O8.O.V/c45-33(46)13-1-5-17-21(9-13)29-37-25(17)41-30-22-10-14(34(47)48)2-6-18(22)27(38-30)43-32-24-12-16(36(51)52)4-8-20(24)28(40-32)44-31-23-11-15(35(49)50)3-7-19(23)26(39-31)42-29;;/h1-12H,(H6,37,38,39,40,41,42,43,44,45,46,47,48,49,50,51,52);;/q;;+2/p-2. The second-order valence-corrected chi connectivity index (χ2v) is 11.7. The van der Waals surface area contributed by atoms with Crippen molar-refractivity contribution >= 4 is 68.0 Å². The van der Waals surface area contributed by atoms with E-state index in [4.69, 9.17) is 23.6 Å². The second kappa shape index (κ2) is 12.6. The molecule has 0 spiro atoms. The van der Waals surface area contributed by atoms with Gasteiger partial charge in [0.25, 0.3) is 0 Å². The Kier molecular flexibility index (Phi) is 7.86. The van der Waals surface area contributed by atoms with Crippen LogP contribution in [0.15, 0.2) is 72.8 Å². The van der Waals surface area contributed by atoms with Crippen molar-refractivity contribution in [2.24, 2.45) is 0 Å². The van der Waals surface area contributed by atoms with Gasteiger partial charge in [-0.3, -0.25) is 0 Å². The van der Waals surface area contributed by atoms with E-state index in [2.05, 4.69) is 19.9 Å². The van der Waals surface area contributed by atoms with E-state index < -0.39 is 23.9 Å². The van der Waals surface area contributed by atoms with Crippen LogP contribution in [-0.2, 0) is 21.0 Å². The molecule has 0 radical (unpaired) electrons. The number of carboxylic acid groups (broad SMARTS) is 4. The number of benzene rings is 4. The molecule has 18 heteroatoms. The van der Waals surface area contributed by atoms with E-state index in [1.54, 1.807) is 0 Å². The number of aromatic carboxylic acids is 4. The molecule has 2 aliphatic rings. The number of nitrogens with zero attached hydrogens (tertiary/aromatic N) is 8. The summed E-state index contributed by atoms with van der Waals surface area (Å²) in [5.74, 6) is -4.49. The minimum absolute atomic E-state index is 0.0456. The maximum atomic E-state index is 12.0. The third-order valence-electron chi connectivity index (χ3n) is 8.69. The molecule has 0 fully saturated rings. The Bertz CT molecular complexity index is 2830. The van der Waals surface area contributed by atoms with Crippen molar-refractivity contribution in [3.63, 3.8) is 0 Å². The Morgan fingerprint density at radius 2 is 0.685 bits per heavy atom. The summed E-state index contributed by atoms with van der Waals surface area (Å²) in [6.45, 7) is 0. The molecule has 3 aromatic heterocycles. The molecule has 0 aliphatic carbocycles. The van der Waals surface area contributed by atoms with Gasteiger partial charge in [-0.1, -0.05) is 24.3 Å². The topological polar surface area (TPSA) is 272 Å². The first-order chi connectivity index (χ1) is 26.0. The molecule has 7 aromatic rings. The molecular weight excluding hydrogens is 739 g/mol. The molecule has 259 valence electrons. The van der Waals surface area contributed by atoms with Gasteiger partial charge in [-0.15, -0.1) is 0 Å². The van der Waals surface area contributed by atoms with Crippen molar-refractivity contribution in [1.82, 2.24) is 39.9 Å². The van der Waals surface area contributed by atoms with Crippen LogP contribution in [0.5, 0.6) is 0 Å². The summed E-state index contributed by atoms with van der Waals surface area (Å²) >= 11 is 1.06. The van der Waals surface area contributed by atoms with Gasteiger partial charge in [-0.25, -0.2) is 29.1 Å². The molecule has 4 aromatic carbocycles. The molecule has 0 saturated carbocycles. The number of hydrogen-bond acceptors (Lipinski definition) is 11. The monoisotopic (exact) mass is 755 g/mol. The summed E-state index contributed by atoms with van der Waals surface area (Å²) < 4.78 is 8.19. The van der Waals surface area contributed by atoms with Gasteiger partial charge in [0.05, 0.1) is 45.6 Å². The number of carbonyl (C=O) groups is 4. The summed E-state index contributed by atoms with van der Waals surface area (Å²) in [4.78, 5) is 85.3. The molecule has 54 heavy (non-hydrogen) atoms. The van der Waals surface area contributed by atoms with Crippen molar-refractivity contribution in [3.8, 4) is 45.6 Å². The summed E-state index contributed by atoms with van der Waals surface area (Å²) in [6.07, 6.45) is 0. The van der Waals surface area contributed by atoms with Crippen LogP contribution in [0.4, 0.5) is 0 Å². The number of aromatic nitrogens is 8. The average molecular weight is 756 g/mol. The van der Waals surface area contributed by atoms with E-state index in [1.807, 2.05) is 0 Å². The predicted molar refractivity (Wildman–Crippen MR) is 183 cm³/mol. The van der Waals surface area contributed by atoms with Gasteiger partial charge >= 0.3 is 44.9 Å². The number of carboxylic acids is 4. The fourth-order valence-corrected chi connectivity index (χ4v) is 6.20. The van der Waals surface area contributed by atoms with Gasteiger partial charge in [-0.05, 0) is 70.1 Å². The molecule has 2 aliphatic heterocycles. The van der Waals surface area contributed by atoms with E-state index in [9.17, 15) is 39.6 Å². The van der Waals surface area contributed by atoms with Crippen LogP contribution in [0.1, 0.15) is 41.4 Å². The Morgan fingerprint density at radius 1 is 0.389 bits per heavy atom. The zero-order valence-electron chi connectivity index (χ0n) is 26.8.